The lowest BCUT2D eigenvalue weighted by Crippen LogP contribution is -2.11. The van der Waals surface area contributed by atoms with Crippen molar-refractivity contribution in [1.29, 1.82) is 0 Å². The van der Waals surface area contributed by atoms with Gasteiger partial charge in [0.25, 0.3) is 0 Å². The summed E-state index contributed by atoms with van der Waals surface area (Å²) < 4.78 is 17.8. The molecule has 0 unspecified atom stereocenters. The molecule has 1 aliphatic carbocycles. The molecule has 1 aliphatic rings. The average Bonchev–Trinajstić information content (AvgIpc) is 3.10. The molecule has 0 atom stereocenters. The molecule has 1 heterocycles. The Morgan fingerprint density at radius 2 is 2.12 bits per heavy atom. The van der Waals surface area contributed by atoms with Crippen molar-refractivity contribution >= 4 is 11.8 Å². The third kappa shape index (κ3) is 1.93. The predicted molar refractivity (Wildman–Crippen MR) is 52.6 cm³/mol. The highest BCUT2D eigenvalue weighted by Gasteiger charge is 2.32. The molecule has 5 heteroatoms. The number of esters is 1. The topological polar surface area (TPSA) is 56.3 Å². The van der Waals surface area contributed by atoms with E-state index < -0.39 is 11.9 Å². The molecule has 0 aromatic carbocycles. The second-order valence-corrected chi connectivity index (χ2v) is 3.66. The smallest absolute Gasteiger partial charge is 0.356 e. The number of methoxy groups -OCH3 is 1. The van der Waals surface area contributed by atoms with Gasteiger partial charge in [0, 0.05) is 5.92 Å². The number of Topliss-reactive ketones (excluding diaryl/α,β-unsaturated/α-hetero) is 1. The molecular weight excluding hydrogens is 213 g/mol. The van der Waals surface area contributed by atoms with Crippen LogP contribution < -0.4 is 0 Å². The maximum absolute atomic E-state index is 13.4. The maximum atomic E-state index is 13.4. The van der Waals surface area contributed by atoms with E-state index in [1.807, 2.05) is 0 Å². The lowest BCUT2D eigenvalue weighted by atomic mass is 10.1. The van der Waals surface area contributed by atoms with E-state index in [1.165, 1.54) is 19.2 Å². The van der Waals surface area contributed by atoms with Crippen molar-refractivity contribution in [3.8, 4) is 0 Å². The highest BCUT2D eigenvalue weighted by molar-refractivity contribution is 5.99. The lowest BCUT2D eigenvalue weighted by Gasteiger charge is -2.02. The first-order valence-electron chi connectivity index (χ1n) is 4.92. The Labute approximate surface area is 91.4 Å². The molecular formula is C11H10FNO3. The molecule has 1 fully saturated rings. The van der Waals surface area contributed by atoms with Crippen LogP contribution in [-0.4, -0.2) is 23.8 Å². The van der Waals surface area contributed by atoms with Gasteiger partial charge in [-0.05, 0) is 25.0 Å². The van der Waals surface area contributed by atoms with E-state index in [1.54, 1.807) is 0 Å². The Bertz CT molecular complexity index is 455. The second kappa shape index (κ2) is 4.00. The number of hydrogen-bond acceptors (Lipinski definition) is 4. The normalized spacial score (nSPS) is 14.6. The first-order valence-corrected chi connectivity index (χ1v) is 4.92. The van der Waals surface area contributed by atoms with Crippen LogP contribution in [0.5, 0.6) is 0 Å². The summed E-state index contributed by atoms with van der Waals surface area (Å²) >= 11 is 0. The summed E-state index contributed by atoms with van der Waals surface area (Å²) in [6.07, 6.45) is 1.61. The third-order valence-corrected chi connectivity index (χ3v) is 2.46. The van der Waals surface area contributed by atoms with Crippen LogP contribution >= 0.6 is 0 Å². The predicted octanol–water partition coefficient (Wildman–Crippen LogP) is 1.60. The van der Waals surface area contributed by atoms with Crippen LogP contribution in [0.15, 0.2) is 12.1 Å². The van der Waals surface area contributed by atoms with Crippen LogP contribution in [0.2, 0.25) is 0 Å². The Morgan fingerprint density at radius 1 is 1.44 bits per heavy atom. The van der Waals surface area contributed by atoms with Crippen molar-refractivity contribution < 1.29 is 18.7 Å². The SMILES string of the molecule is COC(=O)c1ccc(C(=O)C2CC2)c(F)n1. The van der Waals surface area contributed by atoms with E-state index in [4.69, 9.17) is 0 Å². The number of ether oxygens (including phenoxy) is 1. The van der Waals surface area contributed by atoms with Gasteiger partial charge in [0.05, 0.1) is 12.7 Å². The Hall–Kier alpha value is -1.78. The molecule has 0 saturated heterocycles. The molecule has 1 aromatic heterocycles. The first kappa shape index (κ1) is 10.7. The third-order valence-electron chi connectivity index (χ3n) is 2.46. The molecule has 0 spiro atoms. The van der Waals surface area contributed by atoms with Gasteiger partial charge >= 0.3 is 5.97 Å². The number of rotatable bonds is 3. The number of halogens is 1. The summed E-state index contributed by atoms with van der Waals surface area (Å²) in [4.78, 5) is 26.1. The summed E-state index contributed by atoms with van der Waals surface area (Å²) in [6, 6.07) is 2.58. The van der Waals surface area contributed by atoms with Crippen molar-refractivity contribution in [2.24, 2.45) is 5.92 Å². The number of hydrogen-bond donors (Lipinski definition) is 0. The van der Waals surface area contributed by atoms with E-state index in [0.29, 0.717) is 0 Å². The van der Waals surface area contributed by atoms with E-state index in [-0.39, 0.29) is 23.0 Å². The van der Waals surface area contributed by atoms with Crippen molar-refractivity contribution in [3.63, 3.8) is 0 Å². The van der Waals surface area contributed by atoms with Crippen LogP contribution in [-0.2, 0) is 4.74 Å². The zero-order valence-electron chi connectivity index (χ0n) is 8.70. The fourth-order valence-corrected chi connectivity index (χ4v) is 1.40. The van der Waals surface area contributed by atoms with Gasteiger partial charge < -0.3 is 4.74 Å². The van der Waals surface area contributed by atoms with Crippen LogP contribution in [0.4, 0.5) is 4.39 Å². The van der Waals surface area contributed by atoms with Gasteiger partial charge in [-0.1, -0.05) is 0 Å². The number of carbonyl (C=O) groups is 2. The second-order valence-electron chi connectivity index (χ2n) is 3.66. The van der Waals surface area contributed by atoms with Crippen molar-refractivity contribution in [2.75, 3.05) is 7.11 Å². The molecule has 0 bridgehead atoms. The number of pyridine rings is 1. The fraction of sp³-hybridized carbons (Fsp3) is 0.364. The largest absolute Gasteiger partial charge is 0.464 e. The minimum atomic E-state index is -0.903. The molecule has 1 saturated carbocycles. The van der Waals surface area contributed by atoms with Crippen LogP contribution in [0, 0.1) is 11.9 Å². The average molecular weight is 223 g/mol. The van der Waals surface area contributed by atoms with E-state index in [0.717, 1.165) is 12.8 Å². The molecule has 16 heavy (non-hydrogen) atoms. The van der Waals surface area contributed by atoms with E-state index in [2.05, 4.69) is 9.72 Å². The zero-order valence-corrected chi connectivity index (χ0v) is 8.70. The monoisotopic (exact) mass is 223 g/mol. The molecule has 0 aliphatic heterocycles. The van der Waals surface area contributed by atoms with Crippen molar-refractivity contribution in [3.05, 3.63) is 29.3 Å². The fourth-order valence-electron chi connectivity index (χ4n) is 1.40. The first-order chi connectivity index (χ1) is 7.63. The Morgan fingerprint density at radius 3 is 2.62 bits per heavy atom. The number of ketones is 1. The minimum Gasteiger partial charge on any atom is -0.464 e. The van der Waals surface area contributed by atoms with Gasteiger partial charge in [-0.15, -0.1) is 0 Å². The Balaban J connectivity index is 2.29. The summed E-state index contributed by atoms with van der Waals surface area (Å²) in [7, 11) is 1.19. The van der Waals surface area contributed by atoms with Crippen LogP contribution in [0.1, 0.15) is 33.7 Å². The van der Waals surface area contributed by atoms with Crippen molar-refractivity contribution in [1.82, 2.24) is 4.98 Å². The van der Waals surface area contributed by atoms with Gasteiger partial charge in [-0.3, -0.25) is 4.79 Å². The lowest BCUT2D eigenvalue weighted by molar-refractivity contribution is 0.0592. The molecule has 2 rings (SSSR count). The highest BCUT2D eigenvalue weighted by Crippen LogP contribution is 2.33. The molecule has 84 valence electrons. The standard InChI is InChI=1S/C11H10FNO3/c1-16-11(15)8-5-4-7(10(12)13-8)9(14)6-2-3-6/h4-6H,2-3H2,1H3. The van der Waals surface area contributed by atoms with Crippen molar-refractivity contribution in [2.45, 2.75) is 12.8 Å². The van der Waals surface area contributed by atoms with Gasteiger partial charge in [0.2, 0.25) is 5.95 Å². The van der Waals surface area contributed by atoms with Crippen LogP contribution in [0.25, 0.3) is 0 Å². The molecule has 1 aromatic rings. The molecule has 0 N–H and O–H groups in total. The Kier molecular flexibility index (Phi) is 2.68. The van der Waals surface area contributed by atoms with E-state index >= 15 is 0 Å². The highest BCUT2D eigenvalue weighted by atomic mass is 19.1. The summed E-state index contributed by atoms with van der Waals surface area (Å²) in [5.41, 5.74) is -0.178. The quantitative estimate of drug-likeness (QED) is 0.443. The zero-order chi connectivity index (χ0) is 11.7. The minimum absolute atomic E-state index is 0.0462. The molecule has 4 nitrogen and oxygen atoms in total. The number of nitrogens with zero attached hydrogens (tertiary/aromatic N) is 1. The number of carbonyl (C=O) groups excluding carboxylic acids is 2. The van der Waals surface area contributed by atoms with Gasteiger partial charge in [-0.25, -0.2) is 9.78 Å². The molecule has 0 amide bonds. The van der Waals surface area contributed by atoms with Gasteiger partial charge in [-0.2, -0.15) is 4.39 Å². The summed E-state index contributed by atoms with van der Waals surface area (Å²) in [5.74, 6) is -1.93. The summed E-state index contributed by atoms with van der Waals surface area (Å²) in [5, 5.41) is 0. The molecule has 0 radical (unpaired) electrons. The van der Waals surface area contributed by atoms with Gasteiger partial charge in [0.1, 0.15) is 0 Å². The summed E-state index contributed by atoms with van der Waals surface area (Å²) in [6.45, 7) is 0. The maximum Gasteiger partial charge on any atom is 0.356 e. The van der Waals surface area contributed by atoms with Crippen LogP contribution in [0.3, 0.4) is 0 Å². The van der Waals surface area contributed by atoms with Gasteiger partial charge in [0.15, 0.2) is 11.5 Å². The number of aromatic nitrogens is 1. The van der Waals surface area contributed by atoms with E-state index in [9.17, 15) is 14.0 Å².